The summed E-state index contributed by atoms with van der Waals surface area (Å²) < 4.78 is 15.5. The Kier molecular flexibility index (Phi) is 2.97. The van der Waals surface area contributed by atoms with E-state index >= 15 is 0 Å². The van der Waals surface area contributed by atoms with E-state index in [2.05, 4.69) is 10.3 Å². The van der Waals surface area contributed by atoms with Crippen molar-refractivity contribution in [2.24, 2.45) is 0 Å². The lowest BCUT2D eigenvalue weighted by Crippen LogP contribution is -2.12. The van der Waals surface area contributed by atoms with Gasteiger partial charge in [-0.3, -0.25) is 4.68 Å². The van der Waals surface area contributed by atoms with Gasteiger partial charge in [0.05, 0.1) is 6.04 Å². The first-order chi connectivity index (χ1) is 12.6. The van der Waals surface area contributed by atoms with Gasteiger partial charge in [-0.15, -0.1) is 0 Å². The van der Waals surface area contributed by atoms with Crippen molar-refractivity contribution in [2.45, 2.75) is 6.04 Å². The minimum atomic E-state index is -0.656. The maximum atomic E-state index is 14.0. The third kappa shape index (κ3) is 1.99. The number of pyridine rings is 1. The number of para-hydroxylation sites is 1. The molecule has 1 aliphatic heterocycles. The molecular formula is C20H15FN4O. The second kappa shape index (κ2) is 5.23. The molecule has 4 aromatic rings. The fourth-order valence-electron chi connectivity index (χ4n) is 3.69. The Morgan fingerprint density at radius 1 is 1.12 bits per heavy atom. The van der Waals surface area contributed by atoms with Gasteiger partial charge in [-0.1, -0.05) is 24.3 Å². The molecule has 0 saturated heterocycles. The number of nitrogen functional groups attached to an aromatic ring is 1. The number of nitrogens with two attached hydrogens (primary N) is 1. The molecule has 128 valence electrons. The van der Waals surface area contributed by atoms with Crippen LogP contribution in [0.3, 0.4) is 0 Å². The van der Waals surface area contributed by atoms with E-state index in [-0.39, 0.29) is 11.8 Å². The number of fused-ring (bicyclic) bond motifs is 2. The molecule has 26 heavy (non-hydrogen) atoms. The molecular weight excluding hydrogens is 331 g/mol. The van der Waals surface area contributed by atoms with Crippen LogP contribution >= 0.6 is 0 Å². The molecule has 5 rings (SSSR count). The molecule has 0 radical (unpaired) electrons. The summed E-state index contributed by atoms with van der Waals surface area (Å²) in [7, 11) is 0. The average Bonchev–Trinajstić information content (AvgIpc) is 2.91. The standard InChI is InChI=1S/C20H15FN4O/c21-15-9-11(5-6-17(15)26)19-14-10-25(22)20-18(14)13(7-8-23-20)12-3-1-2-4-16(12)24-19/h1-10,19,24,26H,22H2. The molecule has 1 atom stereocenters. The van der Waals surface area contributed by atoms with Crippen molar-refractivity contribution in [3.8, 4) is 16.9 Å². The Balaban J connectivity index is 1.85. The van der Waals surface area contributed by atoms with E-state index in [4.69, 9.17) is 5.84 Å². The highest BCUT2D eigenvalue weighted by atomic mass is 19.1. The maximum absolute atomic E-state index is 14.0. The highest BCUT2D eigenvalue weighted by Gasteiger charge is 2.27. The number of anilines is 1. The molecule has 4 N–H and O–H groups in total. The number of rotatable bonds is 1. The van der Waals surface area contributed by atoms with Gasteiger partial charge in [0.1, 0.15) is 0 Å². The molecule has 6 heteroatoms. The molecule has 0 spiro atoms. The van der Waals surface area contributed by atoms with Crippen molar-refractivity contribution in [1.82, 2.24) is 9.66 Å². The van der Waals surface area contributed by atoms with Crippen LogP contribution in [0.2, 0.25) is 0 Å². The number of benzene rings is 2. The molecule has 5 nitrogen and oxygen atoms in total. The lowest BCUT2D eigenvalue weighted by atomic mass is 9.97. The van der Waals surface area contributed by atoms with Gasteiger partial charge in [-0.25, -0.2) is 9.37 Å². The van der Waals surface area contributed by atoms with Crippen LogP contribution in [0, 0.1) is 5.82 Å². The van der Waals surface area contributed by atoms with Gasteiger partial charge in [0, 0.05) is 34.6 Å². The van der Waals surface area contributed by atoms with Crippen molar-refractivity contribution >= 4 is 16.7 Å². The van der Waals surface area contributed by atoms with E-state index in [1.54, 1.807) is 12.3 Å². The van der Waals surface area contributed by atoms with Crippen LogP contribution in [-0.4, -0.2) is 14.8 Å². The normalized spacial score (nSPS) is 15.3. The Labute approximate surface area is 148 Å². The lowest BCUT2D eigenvalue weighted by molar-refractivity contribution is 0.431. The van der Waals surface area contributed by atoms with Gasteiger partial charge in [0.25, 0.3) is 0 Å². The van der Waals surface area contributed by atoms with E-state index < -0.39 is 5.82 Å². The molecule has 2 aromatic heterocycles. The zero-order valence-corrected chi connectivity index (χ0v) is 13.6. The van der Waals surface area contributed by atoms with Gasteiger partial charge in [-0.05, 0) is 35.4 Å². The Bertz CT molecular complexity index is 1170. The molecule has 1 unspecified atom stereocenters. The molecule has 0 saturated carbocycles. The van der Waals surface area contributed by atoms with E-state index in [0.717, 1.165) is 27.8 Å². The van der Waals surface area contributed by atoms with Crippen LogP contribution in [0.25, 0.3) is 22.2 Å². The summed E-state index contributed by atoms with van der Waals surface area (Å²) in [6.07, 6.45) is 3.55. The summed E-state index contributed by atoms with van der Waals surface area (Å²) in [6.45, 7) is 0. The molecule has 0 amide bonds. The fourth-order valence-corrected chi connectivity index (χ4v) is 3.69. The molecule has 3 heterocycles. The van der Waals surface area contributed by atoms with Crippen LogP contribution in [0.4, 0.5) is 10.1 Å². The van der Waals surface area contributed by atoms with Crippen LogP contribution < -0.4 is 11.2 Å². The van der Waals surface area contributed by atoms with Crippen LogP contribution in [0.5, 0.6) is 5.75 Å². The van der Waals surface area contributed by atoms with Gasteiger partial charge in [-0.2, -0.15) is 0 Å². The molecule has 0 fully saturated rings. The van der Waals surface area contributed by atoms with Crippen molar-refractivity contribution in [3.63, 3.8) is 0 Å². The predicted octanol–water partition coefficient (Wildman–Crippen LogP) is 3.78. The molecule has 2 aromatic carbocycles. The second-order valence-electron chi connectivity index (χ2n) is 6.38. The monoisotopic (exact) mass is 346 g/mol. The van der Waals surface area contributed by atoms with Crippen molar-refractivity contribution in [3.05, 3.63) is 77.9 Å². The van der Waals surface area contributed by atoms with E-state index in [9.17, 15) is 9.50 Å². The number of halogens is 1. The van der Waals surface area contributed by atoms with Gasteiger partial charge in [0.15, 0.2) is 17.2 Å². The largest absolute Gasteiger partial charge is 0.505 e. The summed E-state index contributed by atoms with van der Waals surface area (Å²) >= 11 is 0. The highest BCUT2D eigenvalue weighted by molar-refractivity contribution is 6.01. The highest BCUT2D eigenvalue weighted by Crippen LogP contribution is 2.44. The zero-order valence-electron chi connectivity index (χ0n) is 13.6. The van der Waals surface area contributed by atoms with Crippen molar-refractivity contribution in [1.29, 1.82) is 0 Å². The number of hydrogen-bond donors (Lipinski definition) is 3. The van der Waals surface area contributed by atoms with Gasteiger partial charge >= 0.3 is 0 Å². The summed E-state index contributed by atoms with van der Waals surface area (Å²) in [4.78, 5) is 4.41. The number of phenols is 1. The second-order valence-corrected chi connectivity index (χ2v) is 6.38. The predicted molar refractivity (Wildman–Crippen MR) is 98.8 cm³/mol. The zero-order chi connectivity index (χ0) is 17.8. The maximum Gasteiger partial charge on any atom is 0.165 e. The molecule has 0 aliphatic carbocycles. The fraction of sp³-hybridized carbons (Fsp3) is 0.0500. The van der Waals surface area contributed by atoms with Gasteiger partial charge < -0.3 is 16.3 Å². The summed E-state index contributed by atoms with van der Waals surface area (Å²) in [5, 5.41) is 14.0. The average molecular weight is 346 g/mol. The molecule has 1 aliphatic rings. The van der Waals surface area contributed by atoms with Crippen molar-refractivity contribution in [2.75, 3.05) is 11.2 Å². The van der Waals surface area contributed by atoms with E-state index in [1.807, 2.05) is 36.5 Å². The smallest absolute Gasteiger partial charge is 0.165 e. The van der Waals surface area contributed by atoms with Crippen LogP contribution in [0.1, 0.15) is 17.2 Å². The van der Waals surface area contributed by atoms with E-state index in [1.165, 1.54) is 16.8 Å². The number of aromatic nitrogens is 2. The quantitative estimate of drug-likeness (QED) is 0.459. The van der Waals surface area contributed by atoms with E-state index in [0.29, 0.717) is 11.2 Å². The number of nitrogens with one attached hydrogen (secondary N) is 1. The SMILES string of the molecule is Nn1cc2c3c(ccnc31)-c1ccccc1NC2c1ccc(O)c(F)c1. The summed E-state index contributed by atoms with van der Waals surface area (Å²) in [6, 6.07) is 14.0. The Morgan fingerprint density at radius 3 is 2.81 bits per heavy atom. The number of nitrogens with zero attached hydrogens (tertiary/aromatic N) is 2. The number of aromatic hydroxyl groups is 1. The lowest BCUT2D eigenvalue weighted by Gasteiger charge is -2.19. The first-order valence-corrected chi connectivity index (χ1v) is 8.23. The molecule has 0 bridgehead atoms. The number of hydrogen-bond acceptors (Lipinski definition) is 4. The topological polar surface area (TPSA) is 76.1 Å². The van der Waals surface area contributed by atoms with Crippen LogP contribution in [0.15, 0.2) is 60.9 Å². The first kappa shape index (κ1) is 14.8. The summed E-state index contributed by atoms with van der Waals surface area (Å²) in [5.74, 6) is 5.10. The third-order valence-corrected chi connectivity index (χ3v) is 4.88. The van der Waals surface area contributed by atoms with Crippen molar-refractivity contribution < 1.29 is 9.50 Å². The number of phenolic OH excluding ortho intramolecular Hbond substituents is 1. The minimum Gasteiger partial charge on any atom is -0.505 e. The van der Waals surface area contributed by atoms with Gasteiger partial charge in [0.2, 0.25) is 0 Å². The first-order valence-electron chi connectivity index (χ1n) is 8.23. The Morgan fingerprint density at radius 2 is 1.96 bits per heavy atom. The summed E-state index contributed by atoms with van der Waals surface area (Å²) in [5.41, 5.74) is 5.28. The minimum absolute atomic E-state index is 0.330. The third-order valence-electron chi connectivity index (χ3n) is 4.88. The Hall–Kier alpha value is -3.54. The van der Waals surface area contributed by atoms with Crippen LogP contribution in [-0.2, 0) is 0 Å².